The molecule has 0 atom stereocenters. The topological polar surface area (TPSA) is 104 Å². The van der Waals surface area contributed by atoms with Gasteiger partial charge in [0, 0.05) is 33.4 Å². The Morgan fingerprint density at radius 2 is 1.97 bits per heavy atom. The first kappa shape index (κ1) is 21.4. The summed E-state index contributed by atoms with van der Waals surface area (Å²) >= 11 is 0. The minimum absolute atomic E-state index is 0.162. The van der Waals surface area contributed by atoms with E-state index in [9.17, 15) is 19.5 Å². The van der Waals surface area contributed by atoms with Crippen LogP contribution >= 0.6 is 0 Å². The van der Waals surface area contributed by atoms with E-state index in [-0.39, 0.29) is 17.9 Å². The second-order valence-corrected chi connectivity index (χ2v) is 7.12. The molecule has 0 bridgehead atoms. The third-order valence-corrected chi connectivity index (χ3v) is 4.98. The number of pyridine rings is 1. The molecule has 3 rings (SSSR count). The molecule has 1 aliphatic heterocycles. The number of hydrogen-bond acceptors (Lipinski definition) is 6. The number of rotatable bonds is 8. The Bertz CT molecular complexity index is 973. The van der Waals surface area contributed by atoms with Gasteiger partial charge in [-0.25, -0.2) is 0 Å². The zero-order valence-electron chi connectivity index (χ0n) is 17.1. The van der Waals surface area contributed by atoms with E-state index in [1.807, 2.05) is 30.3 Å². The van der Waals surface area contributed by atoms with Crippen LogP contribution in [0, 0.1) is 0 Å². The largest absolute Gasteiger partial charge is 0.502 e. The molecule has 1 aromatic heterocycles. The predicted octanol–water partition coefficient (Wildman–Crippen LogP) is 0.544. The highest BCUT2D eigenvalue weighted by molar-refractivity contribution is 5.99. The monoisotopic (exact) mass is 414 g/mol. The Morgan fingerprint density at radius 3 is 2.67 bits per heavy atom. The summed E-state index contributed by atoms with van der Waals surface area (Å²) in [6, 6.07) is 9.88. The first-order valence-corrected chi connectivity index (χ1v) is 9.74. The molecular weight excluding hydrogens is 388 g/mol. The van der Waals surface area contributed by atoms with E-state index in [1.54, 1.807) is 12.1 Å². The smallest absolute Gasteiger partial charge is 0.277 e. The van der Waals surface area contributed by atoms with Crippen molar-refractivity contribution in [1.82, 2.24) is 14.9 Å². The van der Waals surface area contributed by atoms with Crippen LogP contribution < -0.4 is 15.8 Å². The van der Waals surface area contributed by atoms with Gasteiger partial charge in [-0.1, -0.05) is 30.3 Å². The Balaban J connectivity index is 1.73. The lowest BCUT2D eigenvalue weighted by Crippen LogP contribution is -2.53. The minimum Gasteiger partial charge on any atom is -0.502 e. The average molecular weight is 414 g/mol. The lowest BCUT2D eigenvalue weighted by Gasteiger charge is -2.37. The fraction of sp³-hybridized carbons (Fsp3) is 0.381. The van der Waals surface area contributed by atoms with Crippen LogP contribution in [0.25, 0.3) is 0 Å². The van der Waals surface area contributed by atoms with Crippen LogP contribution in [-0.2, 0) is 11.2 Å². The van der Waals surface area contributed by atoms with Gasteiger partial charge in [-0.05, 0) is 18.4 Å². The summed E-state index contributed by atoms with van der Waals surface area (Å²) in [5.41, 5.74) is -0.0695. The van der Waals surface area contributed by atoms with Gasteiger partial charge >= 0.3 is 0 Å². The fourth-order valence-electron chi connectivity index (χ4n) is 3.36. The van der Waals surface area contributed by atoms with Crippen LogP contribution in [0.5, 0.6) is 5.75 Å². The van der Waals surface area contributed by atoms with Gasteiger partial charge in [0.1, 0.15) is 12.2 Å². The van der Waals surface area contributed by atoms with Crippen molar-refractivity contribution < 1.29 is 19.4 Å². The van der Waals surface area contributed by atoms with Gasteiger partial charge < -0.3 is 20.1 Å². The van der Waals surface area contributed by atoms with Gasteiger partial charge in [-0.3, -0.25) is 24.1 Å². The highest BCUT2D eigenvalue weighted by Crippen LogP contribution is 2.20. The molecule has 160 valence electrons. The molecule has 2 N–H and O–H groups in total. The number of amides is 2. The van der Waals surface area contributed by atoms with Gasteiger partial charge in [0.2, 0.25) is 5.43 Å². The maximum Gasteiger partial charge on any atom is 0.277 e. The molecule has 0 radical (unpaired) electrons. The Morgan fingerprint density at radius 1 is 1.23 bits per heavy atom. The number of carbonyl (C=O) groups excluding carboxylic acids is 2. The number of nitrogens with one attached hydrogen (secondary N) is 1. The average Bonchev–Trinajstić information content (AvgIpc) is 2.75. The Hall–Kier alpha value is -3.33. The molecule has 0 spiro atoms. The standard InChI is InChI=1S/C21H26N4O5/c1-23-14-24(11-12-30-2)21(29)17-19(27)18(26)16(13-25(17)23)20(28)22-10-6-9-15-7-4-3-5-8-15/h3-5,7-8,13,27H,6,9-12,14H2,1-2H3,(H,22,28). The van der Waals surface area contributed by atoms with Gasteiger partial charge in [-0.15, -0.1) is 0 Å². The number of carbonyl (C=O) groups is 2. The van der Waals surface area contributed by atoms with E-state index < -0.39 is 23.0 Å². The van der Waals surface area contributed by atoms with E-state index in [1.165, 1.54) is 22.9 Å². The van der Waals surface area contributed by atoms with Gasteiger partial charge in [0.25, 0.3) is 11.8 Å². The van der Waals surface area contributed by atoms with Crippen molar-refractivity contribution in [2.45, 2.75) is 12.8 Å². The number of benzene rings is 1. The number of hydrogen-bond donors (Lipinski definition) is 2. The molecule has 0 saturated heterocycles. The summed E-state index contributed by atoms with van der Waals surface area (Å²) in [7, 11) is 3.22. The van der Waals surface area contributed by atoms with Crippen LogP contribution in [0.2, 0.25) is 0 Å². The van der Waals surface area contributed by atoms with Crippen molar-refractivity contribution in [3.8, 4) is 5.75 Å². The van der Waals surface area contributed by atoms with Crippen molar-refractivity contribution in [2.24, 2.45) is 0 Å². The zero-order valence-corrected chi connectivity index (χ0v) is 17.1. The molecule has 9 nitrogen and oxygen atoms in total. The molecule has 0 aliphatic carbocycles. The van der Waals surface area contributed by atoms with Crippen LogP contribution in [0.15, 0.2) is 41.3 Å². The van der Waals surface area contributed by atoms with Gasteiger partial charge in [0.15, 0.2) is 11.4 Å². The van der Waals surface area contributed by atoms with E-state index in [0.29, 0.717) is 26.1 Å². The summed E-state index contributed by atoms with van der Waals surface area (Å²) in [4.78, 5) is 39.3. The van der Waals surface area contributed by atoms with Crippen LogP contribution in [0.3, 0.4) is 0 Å². The van der Waals surface area contributed by atoms with Crippen LogP contribution in [-0.4, -0.2) is 67.0 Å². The lowest BCUT2D eigenvalue weighted by atomic mass is 10.1. The maximum atomic E-state index is 12.7. The second-order valence-electron chi connectivity index (χ2n) is 7.12. The predicted molar refractivity (Wildman–Crippen MR) is 111 cm³/mol. The molecule has 2 amide bonds. The molecule has 2 heterocycles. The van der Waals surface area contributed by atoms with E-state index in [0.717, 1.165) is 12.0 Å². The minimum atomic E-state index is -0.864. The van der Waals surface area contributed by atoms with Crippen molar-refractivity contribution in [3.05, 3.63) is 63.6 Å². The van der Waals surface area contributed by atoms with Crippen molar-refractivity contribution >= 4 is 11.8 Å². The first-order valence-electron chi connectivity index (χ1n) is 9.74. The van der Waals surface area contributed by atoms with Crippen molar-refractivity contribution in [3.63, 3.8) is 0 Å². The van der Waals surface area contributed by atoms with Gasteiger partial charge in [0.05, 0.1) is 6.61 Å². The lowest BCUT2D eigenvalue weighted by molar-refractivity contribution is 0.0629. The molecule has 0 fully saturated rings. The van der Waals surface area contributed by atoms with Crippen LogP contribution in [0.4, 0.5) is 0 Å². The van der Waals surface area contributed by atoms with Crippen molar-refractivity contribution in [1.29, 1.82) is 0 Å². The quantitative estimate of drug-likeness (QED) is 0.611. The number of nitrogens with zero attached hydrogens (tertiary/aromatic N) is 3. The molecule has 0 unspecified atom stereocenters. The molecule has 1 aromatic carbocycles. The molecule has 1 aliphatic rings. The summed E-state index contributed by atoms with van der Waals surface area (Å²) in [6.45, 7) is 1.26. The highest BCUT2D eigenvalue weighted by Gasteiger charge is 2.32. The number of fused-ring (bicyclic) bond motifs is 1. The number of aromatic hydroxyl groups is 1. The summed E-state index contributed by atoms with van der Waals surface area (Å²) < 4.78 is 6.35. The van der Waals surface area contributed by atoms with E-state index >= 15 is 0 Å². The van der Waals surface area contributed by atoms with Crippen LogP contribution in [0.1, 0.15) is 32.8 Å². The summed E-state index contributed by atoms with van der Waals surface area (Å²) in [6.07, 6.45) is 2.81. The third-order valence-electron chi connectivity index (χ3n) is 4.98. The zero-order chi connectivity index (χ0) is 21.7. The second kappa shape index (κ2) is 9.45. The molecular formula is C21H26N4O5. The number of aryl methyl sites for hydroxylation is 1. The van der Waals surface area contributed by atoms with Gasteiger partial charge in [-0.2, -0.15) is 0 Å². The molecule has 9 heteroatoms. The molecule has 0 saturated carbocycles. The SMILES string of the molecule is COCCN1CN(C)n2cc(C(=O)NCCCc3ccccc3)c(=O)c(O)c2C1=O. The normalized spacial score (nSPS) is 13.3. The third kappa shape index (κ3) is 4.46. The summed E-state index contributed by atoms with van der Waals surface area (Å²) in [5, 5.41) is 14.8. The number of ether oxygens (including phenoxy) is 1. The Labute approximate surface area is 174 Å². The summed E-state index contributed by atoms with van der Waals surface area (Å²) in [5.74, 6) is -1.80. The van der Waals surface area contributed by atoms with E-state index in [2.05, 4.69) is 5.32 Å². The van der Waals surface area contributed by atoms with E-state index in [4.69, 9.17) is 4.74 Å². The fourth-order valence-corrected chi connectivity index (χ4v) is 3.36. The van der Waals surface area contributed by atoms with Crippen molar-refractivity contribution in [2.75, 3.05) is 45.5 Å². The first-order chi connectivity index (χ1) is 14.4. The maximum absolute atomic E-state index is 12.7. The molecule has 30 heavy (non-hydrogen) atoms. The number of aromatic nitrogens is 1. The number of methoxy groups -OCH3 is 1. The highest BCUT2D eigenvalue weighted by atomic mass is 16.5. The Kier molecular flexibility index (Phi) is 6.73. The molecule has 2 aromatic rings.